The van der Waals surface area contributed by atoms with E-state index in [1.165, 1.54) is 116 Å². The molecule has 0 fully saturated rings. The first-order valence-electron chi connectivity index (χ1n) is 30.4. The molecule has 6 heteroatoms. The minimum Gasteiger partial charge on any atom is -0.462 e. The van der Waals surface area contributed by atoms with Crippen molar-refractivity contribution in [3.63, 3.8) is 0 Å². The van der Waals surface area contributed by atoms with Crippen LogP contribution in [-0.4, -0.2) is 37.2 Å². The summed E-state index contributed by atoms with van der Waals surface area (Å²) < 4.78 is 16.8. The summed E-state index contributed by atoms with van der Waals surface area (Å²) in [6.07, 6.45) is 82.3. The Morgan fingerprint density at radius 1 is 0.288 bits per heavy atom. The van der Waals surface area contributed by atoms with E-state index in [-0.39, 0.29) is 31.1 Å². The van der Waals surface area contributed by atoms with Gasteiger partial charge >= 0.3 is 17.9 Å². The summed E-state index contributed by atoms with van der Waals surface area (Å²) in [5, 5.41) is 0. The van der Waals surface area contributed by atoms with E-state index in [4.69, 9.17) is 14.2 Å². The van der Waals surface area contributed by atoms with Gasteiger partial charge in [-0.1, -0.05) is 278 Å². The Balaban J connectivity index is 4.30. The van der Waals surface area contributed by atoms with E-state index in [9.17, 15) is 14.4 Å². The highest BCUT2D eigenvalue weighted by atomic mass is 16.6. The van der Waals surface area contributed by atoms with Gasteiger partial charge in [0.25, 0.3) is 0 Å². The van der Waals surface area contributed by atoms with Crippen LogP contribution in [0.3, 0.4) is 0 Å². The number of unbranched alkanes of at least 4 members (excludes halogenated alkanes) is 25. The molecule has 0 aromatic carbocycles. The van der Waals surface area contributed by atoms with Crippen LogP contribution in [0.5, 0.6) is 0 Å². The number of ether oxygens (including phenoxy) is 3. The second-order valence-electron chi connectivity index (χ2n) is 19.9. The van der Waals surface area contributed by atoms with Gasteiger partial charge in [0.15, 0.2) is 6.10 Å². The van der Waals surface area contributed by atoms with Crippen molar-refractivity contribution in [2.75, 3.05) is 13.2 Å². The molecular formula is C67H112O6. The van der Waals surface area contributed by atoms with Crippen LogP contribution in [0.15, 0.2) is 109 Å². The minimum absolute atomic E-state index is 0.0855. The maximum absolute atomic E-state index is 12.8. The van der Waals surface area contributed by atoms with Gasteiger partial charge in [-0.3, -0.25) is 14.4 Å². The summed E-state index contributed by atoms with van der Waals surface area (Å²) in [6.45, 7) is 6.50. The topological polar surface area (TPSA) is 78.9 Å². The smallest absolute Gasteiger partial charge is 0.306 e. The van der Waals surface area contributed by atoms with Crippen LogP contribution >= 0.6 is 0 Å². The molecule has 0 aliphatic rings. The summed E-state index contributed by atoms with van der Waals surface area (Å²) in [5.41, 5.74) is 0. The van der Waals surface area contributed by atoms with Crippen LogP contribution in [0.2, 0.25) is 0 Å². The van der Waals surface area contributed by atoms with Crippen molar-refractivity contribution in [2.24, 2.45) is 0 Å². The molecule has 6 nitrogen and oxygen atoms in total. The second-order valence-corrected chi connectivity index (χ2v) is 19.9. The monoisotopic (exact) mass is 1010 g/mol. The van der Waals surface area contributed by atoms with Crippen LogP contribution < -0.4 is 0 Å². The predicted octanol–water partition coefficient (Wildman–Crippen LogP) is 20.7. The fourth-order valence-electron chi connectivity index (χ4n) is 8.26. The average Bonchev–Trinajstić information content (AvgIpc) is 3.39. The summed E-state index contributed by atoms with van der Waals surface area (Å²) in [4.78, 5) is 38.1. The zero-order chi connectivity index (χ0) is 52.9. The number of carbonyl (C=O) groups excluding carboxylic acids is 3. The van der Waals surface area contributed by atoms with Crippen LogP contribution in [-0.2, 0) is 28.6 Å². The van der Waals surface area contributed by atoms with Gasteiger partial charge in [0, 0.05) is 19.3 Å². The highest BCUT2D eigenvalue weighted by Crippen LogP contribution is 2.15. The molecule has 0 heterocycles. The molecular weight excluding hydrogens is 901 g/mol. The summed E-state index contributed by atoms with van der Waals surface area (Å²) in [5.74, 6) is -0.916. The SMILES string of the molecule is CC/C=C\C/C=C\C/C=C\C/C=C\C/C=C\C/C=C\C/C=C\C/C=C\C/C=C\CCCCCC(=O)OCC(COC(=O)CCCCCCCCCCCCCC)OC(=O)CCCCCCCCCCCCCC. The van der Waals surface area contributed by atoms with Gasteiger partial charge in [-0.2, -0.15) is 0 Å². The third kappa shape index (κ3) is 58.8. The molecule has 0 aliphatic heterocycles. The lowest BCUT2D eigenvalue weighted by atomic mass is 10.0. The number of allylic oxidation sites excluding steroid dienone is 18. The molecule has 0 saturated carbocycles. The molecule has 0 rings (SSSR count). The Morgan fingerprint density at radius 3 is 0.836 bits per heavy atom. The van der Waals surface area contributed by atoms with E-state index < -0.39 is 6.10 Å². The van der Waals surface area contributed by atoms with Gasteiger partial charge in [0.05, 0.1) is 0 Å². The summed E-state index contributed by atoms with van der Waals surface area (Å²) in [7, 11) is 0. The summed E-state index contributed by atoms with van der Waals surface area (Å²) in [6, 6.07) is 0. The minimum atomic E-state index is -0.789. The lowest BCUT2D eigenvalue weighted by molar-refractivity contribution is -0.167. The van der Waals surface area contributed by atoms with Crippen molar-refractivity contribution in [1.29, 1.82) is 0 Å². The van der Waals surface area contributed by atoms with Crippen molar-refractivity contribution in [2.45, 2.75) is 284 Å². The third-order valence-corrected chi connectivity index (χ3v) is 12.8. The molecule has 0 amide bonds. The first kappa shape index (κ1) is 69.1. The lowest BCUT2D eigenvalue weighted by Crippen LogP contribution is -2.30. The van der Waals surface area contributed by atoms with E-state index in [1.807, 2.05) is 0 Å². The van der Waals surface area contributed by atoms with E-state index in [1.54, 1.807) is 0 Å². The second kappa shape index (κ2) is 60.6. The van der Waals surface area contributed by atoms with Crippen molar-refractivity contribution in [1.82, 2.24) is 0 Å². The Kier molecular flexibility index (Phi) is 57.4. The number of esters is 3. The molecule has 416 valence electrons. The highest BCUT2D eigenvalue weighted by molar-refractivity contribution is 5.71. The van der Waals surface area contributed by atoms with Gasteiger partial charge in [0.1, 0.15) is 13.2 Å². The standard InChI is InChI=1S/C67H112O6/c1-4-7-10-13-16-19-22-25-26-27-28-29-30-31-32-33-34-35-36-37-38-39-40-41-42-43-46-48-51-54-57-60-66(69)72-63-64(73-67(70)61-58-55-52-49-45-24-21-18-15-12-9-6-3)62-71-65(68)59-56-53-50-47-44-23-20-17-14-11-8-5-2/h7,10,16,19,25-26,28-29,31-32,34-35,37-38,40-41,43,46,64H,4-6,8-9,11-15,17-18,20-24,27,30,33,36,39,42,44-45,47-63H2,1-3H3/b10-7-,19-16-,26-25-,29-28-,32-31-,35-34-,38-37-,41-40-,46-43-. The van der Waals surface area contributed by atoms with Gasteiger partial charge in [-0.05, 0) is 89.9 Å². The van der Waals surface area contributed by atoms with E-state index in [2.05, 4.69) is 130 Å². The molecule has 0 radical (unpaired) electrons. The van der Waals surface area contributed by atoms with Crippen molar-refractivity contribution >= 4 is 17.9 Å². The van der Waals surface area contributed by atoms with Crippen molar-refractivity contribution in [3.05, 3.63) is 109 Å². The number of carbonyl (C=O) groups is 3. The average molecular weight is 1010 g/mol. The molecule has 0 aromatic heterocycles. The molecule has 0 aliphatic carbocycles. The zero-order valence-electron chi connectivity index (χ0n) is 47.6. The molecule has 1 atom stereocenters. The predicted molar refractivity (Wildman–Crippen MR) is 316 cm³/mol. The van der Waals surface area contributed by atoms with Crippen molar-refractivity contribution in [3.8, 4) is 0 Å². The number of rotatable bonds is 54. The molecule has 0 N–H and O–H groups in total. The first-order valence-corrected chi connectivity index (χ1v) is 30.4. The molecule has 0 saturated heterocycles. The van der Waals surface area contributed by atoms with Gasteiger partial charge in [-0.25, -0.2) is 0 Å². The van der Waals surface area contributed by atoms with Crippen LogP contribution in [0, 0.1) is 0 Å². The Morgan fingerprint density at radius 2 is 0.534 bits per heavy atom. The molecule has 73 heavy (non-hydrogen) atoms. The molecule has 1 unspecified atom stereocenters. The Labute approximate surface area is 450 Å². The van der Waals surface area contributed by atoms with E-state index >= 15 is 0 Å². The number of hydrogen-bond donors (Lipinski definition) is 0. The maximum atomic E-state index is 12.8. The van der Waals surface area contributed by atoms with Crippen molar-refractivity contribution < 1.29 is 28.6 Å². The zero-order valence-corrected chi connectivity index (χ0v) is 47.6. The largest absolute Gasteiger partial charge is 0.462 e. The quantitative estimate of drug-likeness (QED) is 0.0261. The molecule has 0 bridgehead atoms. The molecule has 0 aromatic rings. The van der Waals surface area contributed by atoms with E-state index in [0.29, 0.717) is 19.3 Å². The Bertz CT molecular complexity index is 1490. The fourth-order valence-corrected chi connectivity index (χ4v) is 8.26. The fraction of sp³-hybridized carbons (Fsp3) is 0.687. The van der Waals surface area contributed by atoms with Gasteiger partial charge in [-0.15, -0.1) is 0 Å². The van der Waals surface area contributed by atoms with Gasteiger partial charge < -0.3 is 14.2 Å². The third-order valence-electron chi connectivity index (χ3n) is 12.8. The maximum Gasteiger partial charge on any atom is 0.306 e. The Hall–Kier alpha value is -3.93. The van der Waals surface area contributed by atoms with Crippen LogP contribution in [0.4, 0.5) is 0 Å². The summed E-state index contributed by atoms with van der Waals surface area (Å²) >= 11 is 0. The number of hydrogen-bond acceptors (Lipinski definition) is 6. The van der Waals surface area contributed by atoms with Crippen LogP contribution in [0.25, 0.3) is 0 Å². The lowest BCUT2D eigenvalue weighted by Gasteiger charge is -2.18. The van der Waals surface area contributed by atoms with Gasteiger partial charge in [0.2, 0.25) is 0 Å². The normalized spacial score (nSPS) is 12.9. The first-order chi connectivity index (χ1) is 36.0. The molecule has 0 spiro atoms. The highest BCUT2D eigenvalue weighted by Gasteiger charge is 2.19. The van der Waals surface area contributed by atoms with E-state index in [0.717, 1.165) is 122 Å². The van der Waals surface area contributed by atoms with Crippen LogP contribution in [0.1, 0.15) is 278 Å².